The number of likely N-dealkylation sites (N-methyl/N-ethyl adjacent to an activating group) is 3. The van der Waals surface area contributed by atoms with E-state index in [0.717, 1.165) is 27.7 Å². The third kappa shape index (κ3) is 3.40. The van der Waals surface area contributed by atoms with Crippen LogP contribution in [0.4, 0.5) is 0 Å². The zero-order valence-corrected chi connectivity index (χ0v) is 18.8. The molecule has 172 valence electrons. The van der Waals surface area contributed by atoms with Gasteiger partial charge in [-0.3, -0.25) is 20.2 Å². The molecule has 0 unspecified atom stereocenters. The number of carbonyl (C=O) groups is 2. The largest absolute Gasteiger partial charge is 0.454 e. The summed E-state index contributed by atoms with van der Waals surface area (Å²) in [6.07, 6.45) is -0.244. The first-order valence-electron chi connectivity index (χ1n) is 10.9. The van der Waals surface area contributed by atoms with Crippen molar-refractivity contribution >= 4 is 22.7 Å². The maximum absolute atomic E-state index is 13.8. The zero-order chi connectivity index (χ0) is 23.1. The highest BCUT2D eigenvalue weighted by molar-refractivity contribution is 5.93. The summed E-state index contributed by atoms with van der Waals surface area (Å²) in [6.45, 7) is 0.159. The van der Waals surface area contributed by atoms with E-state index in [1.165, 1.54) is 0 Å². The molecule has 33 heavy (non-hydrogen) atoms. The van der Waals surface area contributed by atoms with Gasteiger partial charge in [0.15, 0.2) is 11.5 Å². The molecule has 2 atom stereocenters. The fourth-order valence-corrected chi connectivity index (χ4v) is 4.90. The Balaban J connectivity index is 1.74. The van der Waals surface area contributed by atoms with Gasteiger partial charge < -0.3 is 24.7 Å². The number of carbonyl (C=O) groups excluding carboxylic acids is 2. The van der Waals surface area contributed by atoms with Gasteiger partial charge >= 0.3 is 0 Å². The van der Waals surface area contributed by atoms with Gasteiger partial charge in [-0.05, 0) is 43.4 Å². The van der Waals surface area contributed by atoms with E-state index in [0.29, 0.717) is 17.9 Å². The van der Waals surface area contributed by atoms with Crippen molar-refractivity contribution in [2.75, 3.05) is 27.9 Å². The number of benzene rings is 2. The molecule has 0 aliphatic carbocycles. The zero-order valence-electron chi connectivity index (χ0n) is 18.8. The number of para-hydroxylation sites is 1. The van der Waals surface area contributed by atoms with Crippen LogP contribution in [-0.2, 0) is 16.0 Å². The molecule has 2 aliphatic heterocycles. The van der Waals surface area contributed by atoms with Crippen molar-refractivity contribution in [3.8, 4) is 11.5 Å². The maximum atomic E-state index is 13.8. The molecule has 4 N–H and O–H groups in total. The van der Waals surface area contributed by atoms with Gasteiger partial charge in [-0.2, -0.15) is 0 Å². The van der Waals surface area contributed by atoms with Gasteiger partial charge in [0, 0.05) is 30.1 Å². The quantitative estimate of drug-likeness (QED) is 0.437. The summed E-state index contributed by atoms with van der Waals surface area (Å²) in [6, 6.07) is 12.5. The minimum atomic E-state index is -0.686. The van der Waals surface area contributed by atoms with E-state index in [1.807, 2.05) is 42.5 Å². The number of amides is 2. The Morgan fingerprint density at radius 2 is 1.82 bits per heavy atom. The Hall–Kier alpha value is -3.56. The highest BCUT2D eigenvalue weighted by atomic mass is 16.7. The van der Waals surface area contributed by atoms with Gasteiger partial charge in [0.1, 0.15) is 12.2 Å². The summed E-state index contributed by atoms with van der Waals surface area (Å²) >= 11 is 0. The van der Waals surface area contributed by atoms with E-state index in [4.69, 9.17) is 9.47 Å². The van der Waals surface area contributed by atoms with Gasteiger partial charge in [0.05, 0.1) is 6.04 Å². The normalized spacial score (nSPS) is 19.1. The molecule has 0 radical (unpaired) electrons. The predicted octanol–water partition coefficient (Wildman–Crippen LogP) is 1.25. The lowest BCUT2D eigenvalue weighted by molar-refractivity contribution is -0.145. The molecule has 1 aromatic heterocycles. The summed E-state index contributed by atoms with van der Waals surface area (Å²) in [5, 5.41) is 9.81. The molecule has 2 amide bonds. The number of aromatic amines is 1. The molecule has 3 aromatic rings. The van der Waals surface area contributed by atoms with Crippen molar-refractivity contribution < 1.29 is 19.1 Å². The third-order valence-electron chi connectivity index (χ3n) is 6.47. The molecule has 5 rings (SSSR count). The van der Waals surface area contributed by atoms with Crippen LogP contribution in [0.2, 0.25) is 0 Å². The first-order valence-corrected chi connectivity index (χ1v) is 10.9. The Labute approximate surface area is 191 Å². The van der Waals surface area contributed by atoms with Crippen LogP contribution in [0.3, 0.4) is 0 Å². The first kappa shape index (κ1) is 21.3. The van der Waals surface area contributed by atoms with Gasteiger partial charge in [0.25, 0.3) is 5.91 Å². The van der Waals surface area contributed by atoms with E-state index in [-0.39, 0.29) is 18.6 Å². The van der Waals surface area contributed by atoms with Crippen LogP contribution in [0.5, 0.6) is 11.5 Å². The number of H-pyrrole nitrogens is 1. The van der Waals surface area contributed by atoms with Crippen LogP contribution in [-0.4, -0.2) is 61.8 Å². The average molecular weight is 450 g/mol. The summed E-state index contributed by atoms with van der Waals surface area (Å²) < 4.78 is 11.1. The fraction of sp³-hybridized carbons (Fsp3) is 0.333. The van der Waals surface area contributed by atoms with Crippen LogP contribution in [0.15, 0.2) is 42.5 Å². The lowest BCUT2D eigenvalue weighted by atomic mass is 9.87. The number of hydrogen-bond acceptors (Lipinski definition) is 6. The molecule has 0 fully saturated rings. The predicted molar refractivity (Wildman–Crippen MR) is 123 cm³/mol. The molecule has 9 nitrogen and oxygen atoms in total. The van der Waals surface area contributed by atoms with Crippen LogP contribution < -0.4 is 25.4 Å². The highest BCUT2D eigenvalue weighted by Gasteiger charge is 2.45. The smallest absolute Gasteiger partial charge is 0.256 e. The number of rotatable bonds is 5. The molecule has 0 spiro atoms. The molecule has 9 heteroatoms. The SMILES string of the molecule is CNC(=O)[C@H]1Cc2c([nH]c3ccccc23)[C@@H](c2ccc3c(c2)OCO3)N1C(=O)C(NC)NC. The van der Waals surface area contributed by atoms with Gasteiger partial charge in [0.2, 0.25) is 12.7 Å². The number of hydrogen-bond donors (Lipinski definition) is 4. The standard InChI is InChI=1S/C24H27N5O4/c1-25-22(26-2)24(31)29-17(23(30)27-3)11-15-14-6-4-5-7-16(14)28-20(15)21(29)13-8-9-18-19(10-13)33-12-32-18/h4-10,17,21-22,25-26,28H,11-12H2,1-3H3,(H,27,30)/t17-,21-/m1/s1. The number of ether oxygens (including phenoxy) is 2. The minimum Gasteiger partial charge on any atom is -0.454 e. The maximum Gasteiger partial charge on any atom is 0.256 e. The lowest BCUT2D eigenvalue weighted by Crippen LogP contribution is -2.60. The lowest BCUT2D eigenvalue weighted by Gasteiger charge is -2.42. The van der Waals surface area contributed by atoms with E-state index >= 15 is 0 Å². The van der Waals surface area contributed by atoms with Gasteiger partial charge in [-0.15, -0.1) is 0 Å². The number of fused-ring (bicyclic) bond motifs is 4. The van der Waals surface area contributed by atoms with Crippen molar-refractivity contribution in [1.29, 1.82) is 0 Å². The van der Waals surface area contributed by atoms with Crippen molar-refractivity contribution in [3.05, 3.63) is 59.3 Å². The first-order chi connectivity index (χ1) is 16.1. The molecular weight excluding hydrogens is 422 g/mol. The number of nitrogens with zero attached hydrogens (tertiary/aromatic N) is 1. The van der Waals surface area contributed by atoms with Crippen LogP contribution >= 0.6 is 0 Å². The Kier molecular flexibility index (Phi) is 5.43. The third-order valence-corrected chi connectivity index (χ3v) is 6.47. The van der Waals surface area contributed by atoms with E-state index < -0.39 is 18.2 Å². The number of aromatic nitrogens is 1. The molecule has 0 saturated carbocycles. The average Bonchev–Trinajstić information content (AvgIpc) is 3.46. The van der Waals surface area contributed by atoms with Crippen LogP contribution in [0.25, 0.3) is 10.9 Å². The van der Waals surface area contributed by atoms with Gasteiger partial charge in [-0.25, -0.2) is 0 Å². The molecule has 2 aromatic carbocycles. The van der Waals surface area contributed by atoms with Crippen molar-refractivity contribution in [3.63, 3.8) is 0 Å². The Bertz CT molecular complexity index is 1220. The summed E-state index contributed by atoms with van der Waals surface area (Å²) in [7, 11) is 5.02. The van der Waals surface area contributed by atoms with Crippen molar-refractivity contribution in [2.24, 2.45) is 0 Å². The molecule has 0 saturated heterocycles. The van der Waals surface area contributed by atoms with Gasteiger partial charge in [-0.1, -0.05) is 24.3 Å². The van der Waals surface area contributed by atoms with Crippen molar-refractivity contribution in [2.45, 2.75) is 24.7 Å². The topological polar surface area (TPSA) is 108 Å². The number of nitrogens with one attached hydrogen (secondary N) is 4. The van der Waals surface area contributed by atoms with E-state index in [1.54, 1.807) is 26.0 Å². The van der Waals surface area contributed by atoms with Crippen molar-refractivity contribution in [1.82, 2.24) is 25.8 Å². The summed E-state index contributed by atoms with van der Waals surface area (Å²) in [5.74, 6) is 0.852. The molecular formula is C24H27N5O4. The Morgan fingerprint density at radius 1 is 1.06 bits per heavy atom. The summed E-state index contributed by atoms with van der Waals surface area (Å²) in [4.78, 5) is 32.1. The van der Waals surface area contributed by atoms with Crippen LogP contribution in [0, 0.1) is 0 Å². The second-order valence-electron chi connectivity index (χ2n) is 8.17. The molecule has 2 aliphatic rings. The monoisotopic (exact) mass is 449 g/mol. The van der Waals surface area contributed by atoms with Crippen LogP contribution in [0.1, 0.15) is 22.9 Å². The second kappa shape index (κ2) is 8.42. The highest BCUT2D eigenvalue weighted by Crippen LogP contribution is 2.43. The Morgan fingerprint density at radius 3 is 2.58 bits per heavy atom. The fourth-order valence-electron chi connectivity index (χ4n) is 4.90. The van der Waals surface area contributed by atoms with E-state index in [2.05, 4.69) is 20.9 Å². The minimum absolute atomic E-state index is 0.159. The molecule has 3 heterocycles. The molecule has 0 bridgehead atoms. The summed E-state index contributed by atoms with van der Waals surface area (Å²) in [5.41, 5.74) is 3.74. The second-order valence-corrected chi connectivity index (χ2v) is 8.17. The van der Waals surface area contributed by atoms with E-state index in [9.17, 15) is 9.59 Å².